The summed E-state index contributed by atoms with van der Waals surface area (Å²) in [5, 5.41) is 9.40. The normalized spacial score (nSPS) is 9.83. The molecule has 1 aromatic carbocycles. The van der Waals surface area contributed by atoms with Gasteiger partial charge in [0.1, 0.15) is 0 Å². The predicted molar refractivity (Wildman–Crippen MR) is 51.1 cm³/mol. The lowest BCUT2D eigenvalue weighted by Gasteiger charge is -2.00. The molecule has 2 heteroatoms. The van der Waals surface area contributed by atoms with E-state index in [1.165, 1.54) is 0 Å². The average Bonchev–Trinajstić information content (AvgIpc) is 2.05. The minimum absolute atomic E-state index is 0.0854. The zero-order valence-corrected chi connectivity index (χ0v) is 7.51. The Kier molecular flexibility index (Phi) is 3.32. The van der Waals surface area contributed by atoms with Crippen LogP contribution >= 0.6 is 11.6 Å². The predicted octanol–water partition coefficient (Wildman–Crippen LogP) is 2.47. The van der Waals surface area contributed by atoms with E-state index in [2.05, 4.69) is 6.58 Å². The number of benzene rings is 1. The molecule has 0 fully saturated rings. The molecular formula is C10H11ClO. The van der Waals surface area contributed by atoms with Crippen LogP contribution in [0.2, 0.25) is 0 Å². The number of aliphatic hydroxyl groups is 1. The fourth-order valence-corrected chi connectivity index (χ4v) is 1.14. The number of aliphatic hydroxyl groups excluding tert-OH is 1. The fraction of sp³-hybridized carbons (Fsp3) is 0.200. The standard InChI is InChI=1S/C10H11ClO/c1-8(11)6-9-2-4-10(7-12)5-3-9/h2-5,12H,1,6-7H2. The third-order valence-electron chi connectivity index (χ3n) is 1.60. The lowest BCUT2D eigenvalue weighted by molar-refractivity contribution is 0.282. The molecule has 0 saturated carbocycles. The maximum atomic E-state index is 8.77. The maximum Gasteiger partial charge on any atom is 0.0681 e. The molecule has 1 rings (SSSR count). The van der Waals surface area contributed by atoms with Gasteiger partial charge in [0.05, 0.1) is 6.61 Å². The van der Waals surface area contributed by atoms with Crippen LogP contribution in [-0.4, -0.2) is 5.11 Å². The topological polar surface area (TPSA) is 20.2 Å². The quantitative estimate of drug-likeness (QED) is 0.762. The summed E-state index contributed by atoms with van der Waals surface area (Å²) in [6.45, 7) is 3.69. The summed E-state index contributed by atoms with van der Waals surface area (Å²) >= 11 is 5.64. The van der Waals surface area contributed by atoms with Gasteiger partial charge in [-0.25, -0.2) is 0 Å². The van der Waals surface area contributed by atoms with Crippen molar-refractivity contribution in [3.63, 3.8) is 0 Å². The maximum absolute atomic E-state index is 8.77. The Balaban J connectivity index is 2.71. The van der Waals surface area contributed by atoms with Crippen molar-refractivity contribution in [3.05, 3.63) is 47.0 Å². The Morgan fingerprint density at radius 3 is 2.17 bits per heavy atom. The minimum Gasteiger partial charge on any atom is -0.392 e. The summed E-state index contributed by atoms with van der Waals surface area (Å²) < 4.78 is 0. The van der Waals surface area contributed by atoms with Crippen LogP contribution in [0.15, 0.2) is 35.9 Å². The smallest absolute Gasteiger partial charge is 0.0681 e. The second kappa shape index (κ2) is 4.29. The molecule has 0 aliphatic rings. The number of rotatable bonds is 3. The summed E-state index contributed by atoms with van der Waals surface area (Å²) in [4.78, 5) is 0. The van der Waals surface area contributed by atoms with E-state index in [9.17, 15) is 0 Å². The monoisotopic (exact) mass is 182 g/mol. The van der Waals surface area contributed by atoms with E-state index in [4.69, 9.17) is 16.7 Å². The van der Waals surface area contributed by atoms with Crippen molar-refractivity contribution in [1.82, 2.24) is 0 Å². The number of hydrogen-bond donors (Lipinski definition) is 1. The third-order valence-corrected chi connectivity index (χ3v) is 1.74. The third kappa shape index (κ3) is 2.68. The summed E-state index contributed by atoms with van der Waals surface area (Å²) in [7, 11) is 0. The van der Waals surface area contributed by atoms with Crippen LogP contribution in [0, 0.1) is 0 Å². The van der Waals surface area contributed by atoms with Crippen LogP contribution in [0.5, 0.6) is 0 Å². The van der Waals surface area contributed by atoms with E-state index in [-0.39, 0.29) is 6.61 Å². The van der Waals surface area contributed by atoms with Crippen LogP contribution in [-0.2, 0) is 13.0 Å². The molecule has 1 aromatic rings. The molecule has 12 heavy (non-hydrogen) atoms. The first-order valence-corrected chi connectivity index (χ1v) is 4.12. The average molecular weight is 183 g/mol. The van der Waals surface area contributed by atoms with Gasteiger partial charge in [-0.3, -0.25) is 0 Å². The molecule has 0 aliphatic heterocycles. The lowest BCUT2D eigenvalue weighted by Crippen LogP contribution is -1.86. The number of hydrogen-bond acceptors (Lipinski definition) is 1. The van der Waals surface area contributed by atoms with Gasteiger partial charge in [-0.15, -0.1) is 0 Å². The molecule has 0 unspecified atom stereocenters. The van der Waals surface area contributed by atoms with Gasteiger partial charge in [0.25, 0.3) is 0 Å². The van der Waals surface area contributed by atoms with Gasteiger partial charge >= 0.3 is 0 Å². The van der Waals surface area contributed by atoms with Crippen molar-refractivity contribution in [2.24, 2.45) is 0 Å². The van der Waals surface area contributed by atoms with Crippen molar-refractivity contribution >= 4 is 11.6 Å². The largest absolute Gasteiger partial charge is 0.392 e. The van der Waals surface area contributed by atoms with E-state index in [0.29, 0.717) is 11.5 Å². The van der Waals surface area contributed by atoms with Gasteiger partial charge in [-0.2, -0.15) is 0 Å². The molecular weight excluding hydrogens is 172 g/mol. The lowest BCUT2D eigenvalue weighted by atomic mass is 10.1. The summed E-state index contributed by atoms with van der Waals surface area (Å²) in [6.07, 6.45) is 0.688. The highest BCUT2D eigenvalue weighted by molar-refractivity contribution is 6.29. The molecule has 1 N–H and O–H groups in total. The molecule has 0 bridgehead atoms. The van der Waals surface area contributed by atoms with Gasteiger partial charge < -0.3 is 5.11 Å². The zero-order chi connectivity index (χ0) is 8.97. The van der Waals surface area contributed by atoms with Crippen LogP contribution in [0.3, 0.4) is 0 Å². The van der Waals surface area contributed by atoms with E-state index in [0.717, 1.165) is 11.1 Å². The Hall–Kier alpha value is -0.790. The molecule has 1 nitrogen and oxygen atoms in total. The molecule has 0 aromatic heterocycles. The molecule has 0 atom stereocenters. The van der Waals surface area contributed by atoms with E-state index >= 15 is 0 Å². The summed E-state index contributed by atoms with van der Waals surface area (Å²) in [6, 6.07) is 7.66. The van der Waals surface area contributed by atoms with Gasteiger partial charge in [0.2, 0.25) is 0 Å². The highest BCUT2D eigenvalue weighted by Gasteiger charge is 1.94. The fourth-order valence-electron chi connectivity index (χ4n) is 0.984. The number of allylic oxidation sites excluding steroid dienone is 1. The van der Waals surface area contributed by atoms with Crippen molar-refractivity contribution in [3.8, 4) is 0 Å². The Bertz CT molecular complexity index is 264. The zero-order valence-electron chi connectivity index (χ0n) is 6.76. The van der Waals surface area contributed by atoms with Gasteiger partial charge in [0.15, 0.2) is 0 Å². The summed E-state index contributed by atoms with van der Waals surface area (Å²) in [5.41, 5.74) is 2.03. The molecule has 0 spiro atoms. The molecule has 0 aliphatic carbocycles. The molecule has 0 amide bonds. The van der Waals surface area contributed by atoms with Crippen LogP contribution in [0.4, 0.5) is 0 Å². The molecule has 0 heterocycles. The first-order chi connectivity index (χ1) is 5.72. The number of halogens is 1. The van der Waals surface area contributed by atoms with Crippen LogP contribution in [0.25, 0.3) is 0 Å². The molecule has 64 valence electrons. The van der Waals surface area contributed by atoms with Gasteiger partial charge in [0, 0.05) is 11.5 Å². The van der Waals surface area contributed by atoms with E-state index in [1.54, 1.807) is 0 Å². The Morgan fingerprint density at radius 1 is 1.25 bits per heavy atom. The summed E-state index contributed by atoms with van der Waals surface area (Å²) in [5.74, 6) is 0. The van der Waals surface area contributed by atoms with Crippen molar-refractivity contribution in [2.75, 3.05) is 0 Å². The van der Waals surface area contributed by atoms with E-state index < -0.39 is 0 Å². The minimum atomic E-state index is 0.0854. The van der Waals surface area contributed by atoms with Crippen LogP contribution < -0.4 is 0 Å². The Morgan fingerprint density at radius 2 is 1.75 bits per heavy atom. The molecule has 0 radical (unpaired) electrons. The van der Waals surface area contributed by atoms with Crippen LogP contribution in [0.1, 0.15) is 11.1 Å². The van der Waals surface area contributed by atoms with E-state index in [1.807, 2.05) is 24.3 Å². The SMILES string of the molecule is C=C(Cl)Cc1ccc(CO)cc1. The van der Waals surface area contributed by atoms with Crippen molar-refractivity contribution in [1.29, 1.82) is 0 Å². The second-order valence-electron chi connectivity index (χ2n) is 2.67. The highest BCUT2D eigenvalue weighted by Crippen LogP contribution is 2.10. The van der Waals surface area contributed by atoms with Gasteiger partial charge in [-0.1, -0.05) is 42.4 Å². The van der Waals surface area contributed by atoms with Gasteiger partial charge in [-0.05, 0) is 11.1 Å². The highest BCUT2D eigenvalue weighted by atomic mass is 35.5. The Labute approximate surface area is 77.3 Å². The molecule has 0 saturated heterocycles. The first-order valence-electron chi connectivity index (χ1n) is 3.74. The van der Waals surface area contributed by atoms with Crippen molar-refractivity contribution < 1.29 is 5.11 Å². The second-order valence-corrected chi connectivity index (χ2v) is 3.20. The first kappa shape index (κ1) is 9.30. The van der Waals surface area contributed by atoms with Crippen molar-refractivity contribution in [2.45, 2.75) is 13.0 Å².